The monoisotopic (exact) mass is 274 g/mol. The molecule has 0 saturated carbocycles. The molecule has 0 aliphatic carbocycles. The van der Waals surface area contributed by atoms with Crippen LogP contribution in [0, 0.1) is 0 Å². The summed E-state index contributed by atoms with van der Waals surface area (Å²) >= 11 is 3.35. The molecule has 0 saturated heterocycles. The highest BCUT2D eigenvalue weighted by Gasteiger charge is 2.07. The summed E-state index contributed by atoms with van der Waals surface area (Å²) < 4.78 is 11.3. The number of hydrogen-bond acceptors (Lipinski definition) is 4. The van der Waals surface area contributed by atoms with Crippen molar-refractivity contribution in [3.63, 3.8) is 0 Å². The quantitative estimate of drug-likeness (QED) is 0.826. The van der Waals surface area contributed by atoms with Gasteiger partial charge in [-0.3, -0.25) is 0 Å². The van der Waals surface area contributed by atoms with Crippen LogP contribution >= 0.6 is 15.9 Å². The molecular formula is C10H15BrN2O2. The van der Waals surface area contributed by atoms with E-state index in [0.29, 0.717) is 18.9 Å². The van der Waals surface area contributed by atoms with Gasteiger partial charge in [0.25, 0.3) is 0 Å². The van der Waals surface area contributed by atoms with Gasteiger partial charge in [0.2, 0.25) is 5.88 Å². The number of halogens is 1. The van der Waals surface area contributed by atoms with Crippen molar-refractivity contribution in [2.24, 2.45) is 0 Å². The molecule has 0 fully saturated rings. The van der Waals surface area contributed by atoms with Crippen LogP contribution in [0.3, 0.4) is 0 Å². The molecule has 4 nitrogen and oxygen atoms in total. The van der Waals surface area contributed by atoms with E-state index in [1.165, 1.54) is 0 Å². The van der Waals surface area contributed by atoms with E-state index in [4.69, 9.17) is 9.47 Å². The van der Waals surface area contributed by atoms with Crippen molar-refractivity contribution in [1.82, 2.24) is 9.97 Å². The molecule has 0 radical (unpaired) electrons. The minimum absolute atomic E-state index is 0.103. The number of hydrogen-bond donors (Lipinski definition) is 0. The lowest BCUT2D eigenvalue weighted by atomic mass is 10.4. The molecule has 0 N–H and O–H groups in total. The van der Waals surface area contributed by atoms with Gasteiger partial charge in [-0.05, 0) is 29.8 Å². The van der Waals surface area contributed by atoms with E-state index in [-0.39, 0.29) is 6.10 Å². The third-order valence-corrected chi connectivity index (χ3v) is 2.18. The van der Waals surface area contributed by atoms with Crippen LogP contribution in [0.2, 0.25) is 0 Å². The molecule has 0 unspecified atom stereocenters. The Bertz CT molecular complexity index is 318. The maximum atomic E-state index is 5.53. The predicted octanol–water partition coefficient (Wildman–Crippen LogP) is 2.22. The molecule has 1 aromatic heterocycles. The maximum Gasteiger partial charge on any atom is 0.231 e. The van der Waals surface area contributed by atoms with Crippen LogP contribution < -0.4 is 4.74 Å². The first-order valence-corrected chi connectivity index (χ1v) is 5.59. The lowest BCUT2D eigenvalue weighted by molar-refractivity contribution is 0.199. The zero-order valence-corrected chi connectivity index (χ0v) is 10.7. The smallest absolute Gasteiger partial charge is 0.231 e. The van der Waals surface area contributed by atoms with Crippen LogP contribution in [-0.2, 0) is 11.2 Å². The van der Waals surface area contributed by atoms with Gasteiger partial charge >= 0.3 is 0 Å². The molecule has 0 aliphatic heterocycles. The highest BCUT2D eigenvalue weighted by molar-refractivity contribution is 9.10. The van der Waals surface area contributed by atoms with E-state index in [0.717, 1.165) is 10.3 Å². The van der Waals surface area contributed by atoms with Crippen molar-refractivity contribution < 1.29 is 9.47 Å². The van der Waals surface area contributed by atoms with Gasteiger partial charge in [-0.1, -0.05) is 0 Å². The summed E-state index contributed by atoms with van der Waals surface area (Å²) in [7, 11) is 1.66. The normalized spacial score (nSPS) is 10.7. The lowest BCUT2D eigenvalue weighted by Gasteiger charge is -2.10. The van der Waals surface area contributed by atoms with E-state index in [1.807, 2.05) is 13.8 Å². The van der Waals surface area contributed by atoms with E-state index in [1.54, 1.807) is 13.3 Å². The van der Waals surface area contributed by atoms with E-state index < -0.39 is 0 Å². The molecule has 84 valence electrons. The zero-order chi connectivity index (χ0) is 11.3. The van der Waals surface area contributed by atoms with Gasteiger partial charge in [0.1, 0.15) is 5.82 Å². The Labute approximate surface area is 98.2 Å². The Balaban J connectivity index is 2.75. The highest BCUT2D eigenvalue weighted by atomic mass is 79.9. The topological polar surface area (TPSA) is 44.2 Å². The molecule has 0 aliphatic rings. The maximum absolute atomic E-state index is 5.53. The minimum atomic E-state index is 0.103. The van der Waals surface area contributed by atoms with Crippen LogP contribution in [0.4, 0.5) is 0 Å². The molecule has 15 heavy (non-hydrogen) atoms. The Morgan fingerprint density at radius 1 is 1.47 bits per heavy atom. The second-order valence-electron chi connectivity index (χ2n) is 3.35. The minimum Gasteiger partial charge on any atom is -0.474 e. The van der Waals surface area contributed by atoms with Gasteiger partial charge in [-0.15, -0.1) is 0 Å². The van der Waals surface area contributed by atoms with Gasteiger partial charge in [-0.25, -0.2) is 4.98 Å². The predicted molar refractivity (Wildman–Crippen MR) is 61.1 cm³/mol. The van der Waals surface area contributed by atoms with E-state index in [2.05, 4.69) is 25.9 Å². The number of nitrogens with zero attached hydrogens (tertiary/aromatic N) is 2. The Morgan fingerprint density at radius 3 is 2.80 bits per heavy atom. The number of methoxy groups -OCH3 is 1. The molecule has 1 rings (SSSR count). The standard InChI is InChI=1S/C10H15BrN2O2/c1-7(2)15-10-8(11)6-12-9(13-10)4-5-14-3/h6-7H,4-5H2,1-3H3. The molecule has 0 amide bonds. The fourth-order valence-corrected chi connectivity index (χ4v) is 1.29. The van der Waals surface area contributed by atoms with Crippen LogP contribution in [0.1, 0.15) is 19.7 Å². The number of rotatable bonds is 5. The Morgan fingerprint density at radius 2 is 2.20 bits per heavy atom. The molecule has 1 heterocycles. The van der Waals surface area contributed by atoms with Gasteiger partial charge in [0, 0.05) is 19.7 Å². The van der Waals surface area contributed by atoms with Gasteiger partial charge in [-0.2, -0.15) is 4.98 Å². The SMILES string of the molecule is COCCc1ncc(Br)c(OC(C)C)n1. The molecular weight excluding hydrogens is 260 g/mol. The van der Waals surface area contributed by atoms with Gasteiger partial charge in [0.05, 0.1) is 17.2 Å². The fraction of sp³-hybridized carbons (Fsp3) is 0.600. The molecule has 0 spiro atoms. The van der Waals surface area contributed by atoms with Crippen molar-refractivity contribution in [3.8, 4) is 5.88 Å². The second kappa shape index (κ2) is 6.02. The summed E-state index contributed by atoms with van der Waals surface area (Å²) in [6.07, 6.45) is 2.50. The van der Waals surface area contributed by atoms with Crippen LogP contribution in [0.25, 0.3) is 0 Å². The van der Waals surface area contributed by atoms with Crippen molar-refractivity contribution >= 4 is 15.9 Å². The Kier molecular flexibility index (Phi) is 4.98. The average molecular weight is 275 g/mol. The lowest BCUT2D eigenvalue weighted by Crippen LogP contribution is -2.10. The molecule has 0 aromatic carbocycles. The van der Waals surface area contributed by atoms with Crippen LogP contribution in [-0.4, -0.2) is 29.8 Å². The number of ether oxygens (including phenoxy) is 2. The third kappa shape index (κ3) is 4.13. The van der Waals surface area contributed by atoms with Gasteiger partial charge < -0.3 is 9.47 Å². The van der Waals surface area contributed by atoms with Crippen molar-refractivity contribution in [2.45, 2.75) is 26.4 Å². The summed E-state index contributed by atoms with van der Waals surface area (Å²) in [4.78, 5) is 8.46. The van der Waals surface area contributed by atoms with Gasteiger partial charge in [0.15, 0.2) is 0 Å². The van der Waals surface area contributed by atoms with Crippen LogP contribution in [0.5, 0.6) is 5.88 Å². The summed E-state index contributed by atoms with van der Waals surface area (Å²) in [5.41, 5.74) is 0. The first-order valence-electron chi connectivity index (χ1n) is 4.80. The summed E-state index contributed by atoms with van der Waals surface area (Å²) in [5, 5.41) is 0. The summed E-state index contributed by atoms with van der Waals surface area (Å²) in [6.45, 7) is 4.54. The summed E-state index contributed by atoms with van der Waals surface area (Å²) in [5.74, 6) is 1.32. The second-order valence-corrected chi connectivity index (χ2v) is 4.20. The average Bonchev–Trinajstić information content (AvgIpc) is 2.18. The van der Waals surface area contributed by atoms with Crippen molar-refractivity contribution in [3.05, 3.63) is 16.5 Å². The largest absolute Gasteiger partial charge is 0.474 e. The zero-order valence-electron chi connectivity index (χ0n) is 9.16. The summed E-state index contributed by atoms with van der Waals surface area (Å²) in [6, 6.07) is 0. The van der Waals surface area contributed by atoms with Crippen LogP contribution in [0.15, 0.2) is 10.7 Å². The molecule has 5 heteroatoms. The first kappa shape index (κ1) is 12.4. The first-order chi connectivity index (χ1) is 7.13. The fourth-order valence-electron chi connectivity index (χ4n) is 1.01. The molecule has 0 bridgehead atoms. The number of aromatic nitrogens is 2. The van der Waals surface area contributed by atoms with E-state index >= 15 is 0 Å². The van der Waals surface area contributed by atoms with Crippen molar-refractivity contribution in [2.75, 3.05) is 13.7 Å². The Hall–Kier alpha value is -0.680. The molecule has 0 atom stereocenters. The van der Waals surface area contributed by atoms with E-state index in [9.17, 15) is 0 Å². The third-order valence-electron chi connectivity index (χ3n) is 1.64. The molecule has 1 aromatic rings. The highest BCUT2D eigenvalue weighted by Crippen LogP contribution is 2.22. The van der Waals surface area contributed by atoms with Crippen molar-refractivity contribution in [1.29, 1.82) is 0 Å².